The van der Waals surface area contributed by atoms with Crippen LogP contribution in [0.15, 0.2) is 30.3 Å². The molecule has 0 aromatic heterocycles. The zero-order valence-corrected chi connectivity index (χ0v) is 13.5. The predicted molar refractivity (Wildman–Crippen MR) is 85.0 cm³/mol. The predicted octanol–water partition coefficient (Wildman–Crippen LogP) is 2.63. The summed E-state index contributed by atoms with van der Waals surface area (Å²) in [5.74, 6) is 2.67. The molecule has 0 atom stereocenters. The SMILES string of the molecule is CC1(C)C(=O)N(Cc2ccccc2)C(=O)N1CC#CI. The number of hydrogen-bond acceptors (Lipinski definition) is 2. The fourth-order valence-electron chi connectivity index (χ4n) is 2.20. The van der Waals surface area contributed by atoms with E-state index in [2.05, 4.69) is 9.85 Å². The number of urea groups is 1. The van der Waals surface area contributed by atoms with Gasteiger partial charge in [0.1, 0.15) is 5.54 Å². The molecule has 20 heavy (non-hydrogen) atoms. The minimum absolute atomic E-state index is 0.179. The molecule has 0 unspecified atom stereocenters. The second-order valence-electron chi connectivity index (χ2n) is 5.08. The monoisotopic (exact) mass is 382 g/mol. The van der Waals surface area contributed by atoms with Gasteiger partial charge in [0.15, 0.2) is 0 Å². The first kappa shape index (κ1) is 14.9. The summed E-state index contributed by atoms with van der Waals surface area (Å²) < 4.78 is 2.73. The minimum atomic E-state index is -0.841. The van der Waals surface area contributed by atoms with E-state index in [1.165, 1.54) is 9.80 Å². The molecule has 1 aliphatic heterocycles. The highest BCUT2D eigenvalue weighted by Crippen LogP contribution is 2.28. The van der Waals surface area contributed by atoms with E-state index in [0.717, 1.165) is 5.56 Å². The van der Waals surface area contributed by atoms with E-state index in [4.69, 9.17) is 0 Å². The molecule has 1 saturated heterocycles. The van der Waals surface area contributed by atoms with E-state index in [1.807, 2.05) is 52.9 Å². The summed E-state index contributed by atoms with van der Waals surface area (Å²) in [5, 5.41) is 0. The van der Waals surface area contributed by atoms with Gasteiger partial charge in [0.2, 0.25) is 0 Å². The summed E-state index contributed by atoms with van der Waals surface area (Å²) in [6.07, 6.45) is 0. The molecule has 2 rings (SSSR count). The van der Waals surface area contributed by atoms with Crippen LogP contribution in [0.5, 0.6) is 0 Å². The maximum Gasteiger partial charge on any atom is 0.328 e. The van der Waals surface area contributed by atoms with E-state index in [1.54, 1.807) is 13.8 Å². The Kier molecular flexibility index (Phi) is 4.33. The van der Waals surface area contributed by atoms with Crippen molar-refractivity contribution in [2.45, 2.75) is 25.9 Å². The van der Waals surface area contributed by atoms with Gasteiger partial charge in [-0.2, -0.15) is 0 Å². The summed E-state index contributed by atoms with van der Waals surface area (Å²) >= 11 is 1.92. The van der Waals surface area contributed by atoms with Crippen molar-refractivity contribution in [3.05, 3.63) is 35.9 Å². The average Bonchev–Trinajstić information content (AvgIpc) is 2.59. The lowest BCUT2D eigenvalue weighted by atomic mass is 10.0. The molecule has 0 radical (unpaired) electrons. The summed E-state index contributed by atoms with van der Waals surface area (Å²) in [4.78, 5) is 27.6. The molecule has 1 aromatic rings. The number of carbonyl (C=O) groups excluding carboxylic acids is 2. The van der Waals surface area contributed by atoms with E-state index in [0.29, 0.717) is 6.54 Å². The summed E-state index contributed by atoms with van der Waals surface area (Å²) in [6.45, 7) is 4.09. The normalized spacial score (nSPS) is 17.1. The second-order valence-corrected chi connectivity index (χ2v) is 5.62. The van der Waals surface area contributed by atoms with Crippen LogP contribution in [-0.4, -0.2) is 33.8 Å². The Morgan fingerprint density at radius 2 is 1.85 bits per heavy atom. The van der Waals surface area contributed by atoms with Gasteiger partial charge in [-0.1, -0.05) is 36.3 Å². The molecule has 0 N–H and O–H groups in total. The Labute approximate surface area is 132 Å². The topological polar surface area (TPSA) is 40.6 Å². The van der Waals surface area contributed by atoms with Crippen LogP contribution in [0.25, 0.3) is 0 Å². The minimum Gasteiger partial charge on any atom is -0.299 e. The van der Waals surface area contributed by atoms with E-state index in [-0.39, 0.29) is 18.5 Å². The molecule has 0 bridgehead atoms. The van der Waals surface area contributed by atoms with Crippen LogP contribution in [0.1, 0.15) is 19.4 Å². The molecule has 1 aliphatic rings. The van der Waals surface area contributed by atoms with Crippen LogP contribution >= 0.6 is 22.6 Å². The van der Waals surface area contributed by atoms with Crippen LogP contribution in [0, 0.1) is 9.85 Å². The highest BCUT2D eigenvalue weighted by atomic mass is 127. The van der Waals surface area contributed by atoms with Crippen molar-refractivity contribution in [1.29, 1.82) is 0 Å². The Morgan fingerprint density at radius 1 is 1.20 bits per heavy atom. The molecular weight excluding hydrogens is 367 g/mol. The summed E-state index contributed by atoms with van der Waals surface area (Å²) in [6, 6.07) is 9.23. The molecule has 1 heterocycles. The Balaban J connectivity index is 2.24. The van der Waals surface area contributed by atoms with Gasteiger partial charge in [-0.3, -0.25) is 14.6 Å². The van der Waals surface area contributed by atoms with Crippen molar-refractivity contribution < 1.29 is 9.59 Å². The highest BCUT2D eigenvalue weighted by molar-refractivity contribution is 14.1. The molecule has 1 aromatic carbocycles. The zero-order chi connectivity index (χ0) is 14.8. The van der Waals surface area contributed by atoms with Crippen LogP contribution in [0.3, 0.4) is 0 Å². The smallest absolute Gasteiger partial charge is 0.299 e. The molecular formula is C15H15IN2O2. The van der Waals surface area contributed by atoms with Gasteiger partial charge in [0.05, 0.1) is 13.1 Å². The third-order valence-electron chi connectivity index (χ3n) is 3.39. The van der Waals surface area contributed by atoms with Gasteiger partial charge in [-0.15, -0.1) is 0 Å². The number of imide groups is 1. The number of nitrogens with zero attached hydrogens (tertiary/aromatic N) is 2. The van der Waals surface area contributed by atoms with Gasteiger partial charge in [-0.25, -0.2) is 4.79 Å². The first-order valence-electron chi connectivity index (χ1n) is 6.24. The molecule has 0 spiro atoms. The van der Waals surface area contributed by atoms with Crippen molar-refractivity contribution in [3.63, 3.8) is 0 Å². The lowest BCUT2D eigenvalue weighted by molar-refractivity contribution is -0.132. The van der Waals surface area contributed by atoms with Gasteiger partial charge >= 0.3 is 6.03 Å². The highest BCUT2D eigenvalue weighted by Gasteiger charge is 2.50. The molecule has 4 nitrogen and oxygen atoms in total. The van der Waals surface area contributed by atoms with Crippen molar-refractivity contribution in [3.8, 4) is 9.85 Å². The molecule has 0 aliphatic carbocycles. The van der Waals surface area contributed by atoms with Crippen molar-refractivity contribution in [2.75, 3.05) is 6.54 Å². The zero-order valence-electron chi connectivity index (χ0n) is 11.4. The molecule has 104 valence electrons. The van der Waals surface area contributed by atoms with Gasteiger partial charge < -0.3 is 0 Å². The number of carbonyl (C=O) groups is 2. The quantitative estimate of drug-likeness (QED) is 0.458. The van der Waals surface area contributed by atoms with Crippen molar-refractivity contribution in [1.82, 2.24) is 9.80 Å². The third-order valence-corrected chi connectivity index (χ3v) is 3.77. The lowest BCUT2D eigenvalue weighted by Gasteiger charge is -2.25. The maximum atomic E-state index is 12.4. The number of rotatable bonds is 3. The van der Waals surface area contributed by atoms with E-state index in [9.17, 15) is 9.59 Å². The summed E-state index contributed by atoms with van der Waals surface area (Å²) in [7, 11) is 0. The largest absolute Gasteiger partial charge is 0.328 e. The number of benzene rings is 1. The standard InChI is InChI=1S/C15H15IN2O2/c1-15(2)13(19)17(11-12-7-4-3-5-8-12)14(20)18(15)10-6-9-16/h3-5,7-8H,10-11H2,1-2H3. The van der Waals surface area contributed by atoms with Crippen LogP contribution in [0.2, 0.25) is 0 Å². The van der Waals surface area contributed by atoms with Crippen LogP contribution < -0.4 is 0 Å². The third kappa shape index (κ3) is 2.66. The van der Waals surface area contributed by atoms with Crippen LogP contribution in [-0.2, 0) is 11.3 Å². The molecule has 5 heteroatoms. The summed E-state index contributed by atoms with van der Waals surface area (Å²) in [5.41, 5.74) is 0.0960. The average molecular weight is 382 g/mol. The van der Waals surface area contributed by atoms with Crippen molar-refractivity contribution >= 4 is 34.5 Å². The van der Waals surface area contributed by atoms with Gasteiger partial charge in [0, 0.05) is 22.6 Å². The molecule has 0 saturated carbocycles. The molecule has 3 amide bonds. The number of amides is 3. The fraction of sp³-hybridized carbons (Fsp3) is 0.333. The first-order valence-corrected chi connectivity index (χ1v) is 7.32. The maximum absolute atomic E-state index is 12.4. The fourth-order valence-corrected chi connectivity index (χ4v) is 2.37. The lowest BCUT2D eigenvalue weighted by Crippen LogP contribution is -2.44. The molecule has 1 fully saturated rings. The van der Waals surface area contributed by atoms with Crippen molar-refractivity contribution in [2.24, 2.45) is 0 Å². The number of halogens is 1. The second kappa shape index (κ2) is 5.83. The van der Waals surface area contributed by atoms with Crippen LogP contribution in [0.4, 0.5) is 4.79 Å². The van der Waals surface area contributed by atoms with E-state index >= 15 is 0 Å². The Morgan fingerprint density at radius 3 is 2.45 bits per heavy atom. The Bertz CT molecular complexity index is 587. The van der Waals surface area contributed by atoms with Gasteiger partial charge in [0.25, 0.3) is 5.91 Å². The van der Waals surface area contributed by atoms with E-state index < -0.39 is 5.54 Å². The first-order chi connectivity index (χ1) is 9.48. The van der Waals surface area contributed by atoms with Gasteiger partial charge in [-0.05, 0) is 23.3 Å². The Hall–Kier alpha value is -1.55. The number of hydrogen-bond donors (Lipinski definition) is 0.